The SMILES string of the molecule is O=C(CCn1c(=O)[nH]c(=O)c2ccccc21)NCCN1C(=O)S/C(=C\c2ccc(Cl)cc2)C1=O. The van der Waals surface area contributed by atoms with E-state index < -0.39 is 22.4 Å². The number of imide groups is 1. The summed E-state index contributed by atoms with van der Waals surface area (Å²) in [7, 11) is 0. The maximum Gasteiger partial charge on any atom is 0.328 e. The average Bonchev–Trinajstić information content (AvgIpc) is 3.07. The maximum atomic E-state index is 12.6. The quantitative estimate of drug-likeness (QED) is 0.483. The normalized spacial score (nSPS) is 14.9. The molecule has 0 aliphatic carbocycles. The van der Waals surface area contributed by atoms with Gasteiger partial charge in [0.15, 0.2) is 0 Å². The number of nitrogens with one attached hydrogen (secondary N) is 2. The van der Waals surface area contributed by atoms with E-state index >= 15 is 0 Å². The number of hydrogen-bond donors (Lipinski definition) is 2. The van der Waals surface area contributed by atoms with Crippen LogP contribution in [0.1, 0.15) is 12.0 Å². The predicted molar refractivity (Wildman–Crippen MR) is 131 cm³/mol. The highest BCUT2D eigenvalue weighted by Gasteiger charge is 2.34. The van der Waals surface area contributed by atoms with Crippen molar-refractivity contribution < 1.29 is 14.4 Å². The van der Waals surface area contributed by atoms with Crippen LogP contribution in [0.2, 0.25) is 5.02 Å². The lowest BCUT2D eigenvalue weighted by Gasteiger charge is -2.13. The number of halogens is 1. The number of carbonyl (C=O) groups excluding carboxylic acids is 3. The molecule has 0 bridgehead atoms. The van der Waals surface area contributed by atoms with Gasteiger partial charge in [-0.2, -0.15) is 0 Å². The number of amides is 3. The van der Waals surface area contributed by atoms with Gasteiger partial charge in [0.2, 0.25) is 5.91 Å². The minimum atomic E-state index is -0.596. The molecule has 2 N–H and O–H groups in total. The third-order valence-corrected chi connectivity index (χ3v) is 6.33. The molecule has 1 aliphatic heterocycles. The van der Waals surface area contributed by atoms with Gasteiger partial charge in [0.1, 0.15) is 0 Å². The number of nitrogens with zero attached hydrogens (tertiary/aromatic N) is 2. The Morgan fingerprint density at radius 3 is 2.53 bits per heavy atom. The third-order valence-electron chi connectivity index (χ3n) is 5.17. The Bertz CT molecular complexity index is 1430. The first kappa shape index (κ1) is 23.5. The molecule has 4 rings (SSSR count). The van der Waals surface area contributed by atoms with Crippen LogP contribution in [0.3, 0.4) is 0 Å². The summed E-state index contributed by atoms with van der Waals surface area (Å²) < 4.78 is 1.33. The number of H-pyrrole nitrogens is 1. The van der Waals surface area contributed by atoms with Crippen LogP contribution in [0.15, 0.2) is 63.0 Å². The number of para-hydroxylation sites is 1. The molecule has 0 saturated carbocycles. The average molecular weight is 499 g/mol. The molecule has 3 aromatic rings. The molecule has 1 aliphatic rings. The Morgan fingerprint density at radius 2 is 1.76 bits per heavy atom. The van der Waals surface area contributed by atoms with Crippen molar-refractivity contribution in [1.82, 2.24) is 19.8 Å². The minimum absolute atomic E-state index is 0.0195. The molecule has 0 atom stereocenters. The topological polar surface area (TPSA) is 121 Å². The fourth-order valence-corrected chi connectivity index (χ4v) is 4.47. The van der Waals surface area contributed by atoms with Gasteiger partial charge >= 0.3 is 5.69 Å². The number of fused-ring (bicyclic) bond motifs is 1. The zero-order valence-electron chi connectivity index (χ0n) is 17.7. The van der Waals surface area contributed by atoms with Crippen LogP contribution in [0, 0.1) is 0 Å². The van der Waals surface area contributed by atoms with Crippen molar-refractivity contribution >= 4 is 57.4 Å². The molecule has 2 heterocycles. The van der Waals surface area contributed by atoms with Crippen molar-refractivity contribution in [2.75, 3.05) is 13.1 Å². The van der Waals surface area contributed by atoms with Gasteiger partial charge in [-0.3, -0.25) is 33.6 Å². The molecule has 9 nitrogen and oxygen atoms in total. The van der Waals surface area contributed by atoms with E-state index in [0.29, 0.717) is 20.8 Å². The molecule has 3 amide bonds. The van der Waals surface area contributed by atoms with Gasteiger partial charge in [-0.05, 0) is 47.7 Å². The van der Waals surface area contributed by atoms with Crippen LogP contribution in [0.5, 0.6) is 0 Å². The molecule has 1 fully saturated rings. The zero-order valence-corrected chi connectivity index (χ0v) is 19.3. The Hall–Kier alpha value is -3.63. The van der Waals surface area contributed by atoms with E-state index in [1.807, 2.05) is 0 Å². The number of benzene rings is 2. The first-order chi connectivity index (χ1) is 16.3. The van der Waals surface area contributed by atoms with Gasteiger partial charge in [-0.1, -0.05) is 35.9 Å². The molecule has 0 spiro atoms. The summed E-state index contributed by atoms with van der Waals surface area (Å²) >= 11 is 6.70. The van der Waals surface area contributed by atoms with Gasteiger partial charge in [0, 0.05) is 31.1 Å². The molecule has 0 unspecified atom stereocenters. The summed E-state index contributed by atoms with van der Waals surface area (Å²) in [6.45, 7) is 0.162. The van der Waals surface area contributed by atoms with Crippen LogP contribution >= 0.6 is 23.4 Å². The molecule has 174 valence electrons. The predicted octanol–water partition coefficient (Wildman–Crippen LogP) is 2.59. The van der Waals surface area contributed by atoms with Crippen LogP contribution < -0.4 is 16.6 Å². The van der Waals surface area contributed by atoms with Crippen LogP contribution in [0.4, 0.5) is 4.79 Å². The molecule has 0 radical (unpaired) electrons. The fourth-order valence-electron chi connectivity index (χ4n) is 3.48. The highest BCUT2D eigenvalue weighted by Crippen LogP contribution is 2.32. The van der Waals surface area contributed by atoms with E-state index in [4.69, 9.17) is 11.6 Å². The number of thioether (sulfide) groups is 1. The van der Waals surface area contributed by atoms with Crippen molar-refractivity contribution in [1.29, 1.82) is 0 Å². The lowest BCUT2D eigenvalue weighted by atomic mass is 10.2. The smallest absolute Gasteiger partial charge is 0.328 e. The first-order valence-corrected chi connectivity index (χ1v) is 11.5. The van der Waals surface area contributed by atoms with Crippen LogP contribution in [0.25, 0.3) is 17.0 Å². The van der Waals surface area contributed by atoms with Crippen molar-refractivity contribution in [3.63, 3.8) is 0 Å². The fraction of sp³-hybridized carbons (Fsp3) is 0.174. The Kier molecular flexibility index (Phi) is 6.99. The maximum absolute atomic E-state index is 12.6. The summed E-state index contributed by atoms with van der Waals surface area (Å²) in [5.41, 5.74) is 0.105. The van der Waals surface area contributed by atoms with Crippen molar-refractivity contribution in [3.8, 4) is 0 Å². The number of carbonyl (C=O) groups is 3. The molecule has 34 heavy (non-hydrogen) atoms. The van der Waals surface area contributed by atoms with E-state index in [1.165, 1.54) is 4.57 Å². The lowest BCUT2D eigenvalue weighted by molar-refractivity contribution is -0.124. The molecular formula is C23H19ClN4O5S. The second-order valence-corrected chi connectivity index (χ2v) is 8.84. The lowest BCUT2D eigenvalue weighted by Crippen LogP contribution is -2.38. The number of hydrogen-bond acceptors (Lipinski definition) is 6. The van der Waals surface area contributed by atoms with E-state index in [9.17, 15) is 24.0 Å². The Labute approximate surface area is 202 Å². The number of rotatable bonds is 7. The number of aromatic nitrogens is 2. The minimum Gasteiger partial charge on any atom is -0.354 e. The second-order valence-electron chi connectivity index (χ2n) is 7.41. The van der Waals surface area contributed by atoms with Crippen LogP contribution in [-0.2, 0) is 16.1 Å². The summed E-state index contributed by atoms with van der Waals surface area (Å²) in [5, 5.41) is 3.17. The summed E-state index contributed by atoms with van der Waals surface area (Å²) in [6, 6.07) is 13.5. The number of aryl methyl sites for hydroxylation is 1. The van der Waals surface area contributed by atoms with Crippen molar-refractivity contribution in [2.24, 2.45) is 0 Å². The standard InChI is InChI=1S/C23H19ClN4O5S/c24-15-7-5-14(6-8-15)13-18-21(31)28(23(33)34-18)12-10-25-19(29)9-11-27-17-4-2-1-3-16(17)20(30)26-22(27)32/h1-8,13H,9-12H2,(H,25,29)(H,26,30,32)/b18-13-. The third kappa shape index (κ3) is 5.13. The van der Waals surface area contributed by atoms with Gasteiger partial charge < -0.3 is 5.32 Å². The van der Waals surface area contributed by atoms with E-state index in [0.717, 1.165) is 22.2 Å². The summed E-state index contributed by atoms with van der Waals surface area (Å²) in [5.74, 6) is -0.781. The van der Waals surface area contributed by atoms with Gasteiger partial charge in [-0.25, -0.2) is 4.79 Å². The van der Waals surface area contributed by atoms with Crippen LogP contribution in [-0.4, -0.2) is 44.6 Å². The highest BCUT2D eigenvalue weighted by molar-refractivity contribution is 8.18. The molecule has 1 aromatic heterocycles. The van der Waals surface area contributed by atoms with E-state index in [-0.39, 0.29) is 32.0 Å². The number of aromatic amines is 1. The zero-order chi connectivity index (χ0) is 24.2. The molecule has 11 heteroatoms. The van der Waals surface area contributed by atoms with Gasteiger partial charge in [0.05, 0.1) is 15.8 Å². The van der Waals surface area contributed by atoms with Gasteiger partial charge in [-0.15, -0.1) is 0 Å². The second kappa shape index (κ2) is 10.1. The highest BCUT2D eigenvalue weighted by atomic mass is 35.5. The van der Waals surface area contributed by atoms with Crippen molar-refractivity contribution in [3.05, 3.63) is 84.9 Å². The summed E-state index contributed by atoms with van der Waals surface area (Å²) in [6.07, 6.45) is 1.60. The van der Waals surface area contributed by atoms with E-state index in [1.54, 1.807) is 54.6 Å². The van der Waals surface area contributed by atoms with E-state index in [2.05, 4.69) is 10.3 Å². The Balaban J connectivity index is 1.32. The Morgan fingerprint density at radius 1 is 1.03 bits per heavy atom. The first-order valence-electron chi connectivity index (χ1n) is 10.3. The largest absolute Gasteiger partial charge is 0.354 e. The summed E-state index contributed by atoms with van der Waals surface area (Å²) in [4.78, 5) is 64.8. The molecule has 2 aromatic carbocycles. The van der Waals surface area contributed by atoms with Gasteiger partial charge in [0.25, 0.3) is 16.7 Å². The molecular weight excluding hydrogens is 480 g/mol. The van der Waals surface area contributed by atoms with Crippen molar-refractivity contribution in [2.45, 2.75) is 13.0 Å². The monoisotopic (exact) mass is 498 g/mol. The molecule has 1 saturated heterocycles.